The van der Waals surface area contributed by atoms with Gasteiger partial charge in [0.15, 0.2) is 0 Å². The van der Waals surface area contributed by atoms with E-state index in [9.17, 15) is 17.6 Å². The van der Waals surface area contributed by atoms with Crippen LogP contribution in [0.2, 0.25) is 0 Å². The molecule has 1 fully saturated rings. The van der Waals surface area contributed by atoms with Crippen LogP contribution in [0.4, 0.5) is 21.5 Å². The number of sulfonamides is 1. The second-order valence-electron chi connectivity index (χ2n) is 7.74. The topological polar surface area (TPSA) is 87.7 Å². The lowest BCUT2D eigenvalue weighted by atomic mass is 10.2. The summed E-state index contributed by atoms with van der Waals surface area (Å²) in [6.45, 7) is 1.75. The fourth-order valence-electron chi connectivity index (χ4n) is 3.69. The number of carbonyl (C=O) groups excluding carboxylic acids is 1. The third kappa shape index (κ3) is 5.50. The third-order valence-corrected chi connectivity index (χ3v) is 6.83. The molecule has 0 bridgehead atoms. The number of methoxy groups -OCH3 is 1. The molecule has 33 heavy (non-hydrogen) atoms. The molecule has 0 radical (unpaired) electrons. The third-order valence-electron chi connectivity index (χ3n) is 5.45. The molecule has 1 amide bonds. The molecule has 1 atom stereocenters. The molecule has 172 valence electrons. The highest BCUT2D eigenvalue weighted by Crippen LogP contribution is 2.24. The molecule has 0 spiro atoms. The van der Waals surface area contributed by atoms with Crippen LogP contribution in [-0.2, 0) is 14.8 Å². The first-order valence-corrected chi connectivity index (χ1v) is 11.9. The largest absolute Gasteiger partial charge is 0.380 e. The first-order valence-electron chi connectivity index (χ1n) is 10.4. The molecule has 0 aromatic heterocycles. The number of halogens is 1. The van der Waals surface area contributed by atoms with Crippen LogP contribution in [0.1, 0.15) is 16.8 Å². The molecular weight excluding hydrogens is 445 g/mol. The summed E-state index contributed by atoms with van der Waals surface area (Å²) in [6.07, 6.45) is 1.21. The molecule has 9 heteroatoms. The molecule has 2 N–H and O–H groups in total. The molecule has 3 aromatic carbocycles. The van der Waals surface area contributed by atoms with Gasteiger partial charge in [-0.05, 0) is 67.1 Å². The highest BCUT2D eigenvalue weighted by atomic mass is 32.2. The Morgan fingerprint density at radius 3 is 2.48 bits per heavy atom. The van der Waals surface area contributed by atoms with Crippen LogP contribution in [0.25, 0.3) is 0 Å². The van der Waals surface area contributed by atoms with E-state index >= 15 is 0 Å². The van der Waals surface area contributed by atoms with Gasteiger partial charge in [0.25, 0.3) is 15.9 Å². The van der Waals surface area contributed by atoms with Crippen molar-refractivity contribution < 1.29 is 22.3 Å². The van der Waals surface area contributed by atoms with E-state index in [2.05, 4.69) is 14.9 Å². The summed E-state index contributed by atoms with van der Waals surface area (Å²) in [4.78, 5) is 14.7. The number of hydrogen-bond donors (Lipinski definition) is 2. The van der Waals surface area contributed by atoms with Gasteiger partial charge in [0.05, 0.1) is 11.0 Å². The Morgan fingerprint density at radius 2 is 1.79 bits per heavy atom. The van der Waals surface area contributed by atoms with Crippen LogP contribution < -0.4 is 14.9 Å². The van der Waals surface area contributed by atoms with Gasteiger partial charge in [0, 0.05) is 42.8 Å². The summed E-state index contributed by atoms with van der Waals surface area (Å²) >= 11 is 0. The minimum absolute atomic E-state index is 0.198. The van der Waals surface area contributed by atoms with E-state index in [1.165, 1.54) is 24.3 Å². The number of nitrogens with one attached hydrogen (secondary N) is 2. The SMILES string of the molecule is COC1CCN(c2ccc(NC(=O)c3cccc(NS(=O)(=O)c4cccc(F)c4)c3)cc2)C1. The van der Waals surface area contributed by atoms with E-state index in [1.54, 1.807) is 19.2 Å². The number of benzene rings is 3. The Morgan fingerprint density at radius 1 is 1.03 bits per heavy atom. The Hall–Kier alpha value is -3.43. The van der Waals surface area contributed by atoms with Crippen molar-refractivity contribution in [3.05, 3.63) is 84.2 Å². The highest BCUT2D eigenvalue weighted by molar-refractivity contribution is 7.92. The number of anilines is 3. The van der Waals surface area contributed by atoms with Gasteiger partial charge in [0.1, 0.15) is 5.82 Å². The lowest BCUT2D eigenvalue weighted by Gasteiger charge is -2.18. The van der Waals surface area contributed by atoms with E-state index in [-0.39, 0.29) is 28.2 Å². The van der Waals surface area contributed by atoms with Gasteiger partial charge in [-0.25, -0.2) is 12.8 Å². The van der Waals surface area contributed by atoms with Gasteiger partial charge >= 0.3 is 0 Å². The van der Waals surface area contributed by atoms with E-state index < -0.39 is 15.8 Å². The Kier molecular flexibility index (Phi) is 6.62. The van der Waals surface area contributed by atoms with Gasteiger partial charge in [-0.3, -0.25) is 9.52 Å². The quantitative estimate of drug-likeness (QED) is 0.544. The van der Waals surface area contributed by atoms with E-state index in [0.29, 0.717) is 5.69 Å². The standard InChI is InChI=1S/C24H24FN3O4S/c1-32-22-12-13-28(16-22)21-10-8-19(9-11-21)26-24(29)17-4-2-6-20(14-17)27-33(30,31)23-7-3-5-18(25)15-23/h2-11,14-15,22,27H,12-13,16H2,1H3,(H,26,29). The highest BCUT2D eigenvalue weighted by Gasteiger charge is 2.22. The normalized spacial score (nSPS) is 15.9. The van der Waals surface area contributed by atoms with Crippen molar-refractivity contribution in [2.75, 3.05) is 35.1 Å². The minimum atomic E-state index is -3.99. The zero-order valence-corrected chi connectivity index (χ0v) is 18.8. The van der Waals surface area contributed by atoms with Crippen molar-refractivity contribution in [2.45, 2.75) is 17.4 Å². The zero-order chi connectivity index (χ0) is 23.4. The van der Waals surface area contributed by atoms with Crippen LogP contribution in [0, 0.1) is 5.82 Å². The molecule has 0 aliphatic carbocycles. The zero-order valence-electron chi connectivity index (χ0n) is 18.0. The minimum Gasteiger partial charge on any atom is -0.380 e. The van der Waals surface area contributed by atoms with Crippen molar-refractivity contribution in [3.8, 4) is 0 Å². The number of amides is 1. The van der Waals surface area contributed by atoms with E-state index in [4.69, 9.17) is 4.74 Å². The van der Waals surface area contributed by atoms with Gasteiger partial charge in [-0.2, -0.15) is 0 Å². The Balaban J connectivity index is 1.42. The van der Waals surface area contributed by atoms with Gasteiger partial charge in [-0.15, -0.1) is 0 Å². The lowest BCUT2D eigenvalue weighted by molar-refractivity contribution is 0.102. The second kappa shape index (κ2) is 9.60. The fourth-order valence-corrected chi connectivity index (χ4v) is 4.77. The van der Waals surface area contributed by atoms with Crippen LogP contribution in [-0.4, -0.2) is 40.6 Å². The second-order valence-corrected chi connectivity index (χ2v) is 9.42. The van der Waals surface area contributed by atoms with Crippen LogP contribution >= 0.6 is 0 Å². The predicted molar refractivity (Wildman–Crippen MR) is 126 cm³/mol. The molecule has 1 heterocycles. The van der Waals surface area contributed by atoms with Crippen molar-refractivity contribution in [1.29, 1.82) is 0 Å². The van der Waals surface area contributed by atoms with Gasteiger partial charge < -0.3 is 15.0 Å². The summed E-state index contributed by atoms with van der Waals surface area (Å²) < 4.78 is 46.2. The summed E-state index contributed by atoms with van der Waals surface area (Å²) in [6, 6.07) is 18.3. The summed E-state index contributed by atoms with van der Waals surface area (Å²) in [7, 11) is -2.27. The van der Waals surface area contributed by atoms with Crippen LogP contribution in [0.5, 0.6) is 0 Å². The van der Waals surface area contributed by atoms with Crippen molar-refractivity contribution in [1.82, 2.24) is 0 Å². The van der Waals surface area contributed by atoms with Gasteiger partial charge in [-0.1, -0.05) is 12.1 Å². The lowest BCUT2D eigenvalue weighted by Crippen LogP contribution is -2.22. The molecule has 1 saturated heterocycles. The molecule has 1 aliphatic rings. The maximum atomic E-state index is 13.4. The van der Waals surface area contributed by atoms with E-state index in [0.717, 1.165) is 37.3 Å². The molecule has 1 unspecified atom stereocenters. The molecule has 0 saturated carbocycles. The molecule has 3 aromatic rings. The van der Waals surface area contributed by atoms with Crippen molar-refractivity contribution >= 4 is 33.0 Å². The first-order chi connectivity index (χ1) is 15.8. The monoisotopic (exact) mass is 469 g/mol. The number of rotatable bonds is 7. The Labute approximate surface area is 192 Å². The Bertz CT molecular complexity index is 1250. The average Bonchev–Trinajstić information content (AvgIpc) is 3.29. The molecule has 7 nitrogen and oxygen atoms in total. The number of nitrogens with zero attached hydrogens (tertiary/aromatic N) is 1. The number of ether oxygens (including phenoxy) is 1. The van der Waals surface area contributed by atoms with Crippen molar-refractivity contribution in [2.24, 2.45) is 0 Å². The summed E-state index contributed by atoms with van der Waals surface area (Å²) in [5.74, 6) is -1.03. The maximum absolute atomic E-state index is 13.4. The molecule has 4 rings (SSSR count). The van der Waals surface area contributed by atoms with Crippen LogP contribution in [0.15, 0.2) is 77.7 Å². The van der Waals surface area contributed by atoms with Crippen molar-refractivity contribution in [3.63, 3.8) is 0 Å². The number of carbonyl (C=O) groups is 1. The summed E-state index contributed by atoms with van der Waals surface area (Å²) in [5.41, 5.74) is 2.16. The number of hydrogen-bond acceptors (Lipinski definition) is 5. The molecule has 1 aliphatic heterocycles. The van der Waals surface area contributed by atoms with Gasteiger partial charge in [0.2, 0.25) is 0 Å². The fraction of sp³-hybridized carbons (Fsp3) is 0.208. The average molecular weight is 470 g/mol. The molecular formula is C24H24FN3O4S. The first kappa shape index (κ1) is 22.8. The maximum Gasteiger partial charge on any atom is 0.261 e. The smallest absolute Gasteiger partial charge is 0.261 e. The predicted octanol–water partition coefficient (Wildman–Crippen LogP) is 4.10. The van der Waals surface area contributed by atoms with Crippen LogP contribution in [0.3, 0.4) is 0 Å². The summed E-state index contributed by atoms with van der Waals surface area (Å²) in [5, 5.41) is 2.82. The van der Waals surface area contributed by atoms with E-state index in [1.807, 2.05) is 24.3 Å².